The molecule has 2 aromatic heterocycles. The van der Waals surface area contributed by atoms with Gasteiger partial charge < -0.3 is 4.40 Å². The van der Waals surface area contributed by atoms with Crippen molar-refractivity contribution in [3.05, 3.63) is 69.9 Å². The summed E-state index contributed by atoms with van der Waals surface area (Å²) in [6, 6.07) is 11.3. The number of para-hydroxylation sites is 1. The molecule has 0 bridgehead atoms. The Balaban J connectivity index is 2.43. The fourth-order valence-electron chi connectivity index (χ4n) is 2.17. The molecule has 0 aliphatic heterocycles. The molecule has 4 heteroatoms. The third kappa shape index (κ3) is 1.56. The van der Waals surface area contributed by atoms with Crippen LogP contribution in [0.3, 0.4) is 0 Å². The molecule has 1 aromatic carbocycles. The number of halogens is 1. The average molecular weight is 259 g/mol. The van der Waals surface area contributed by atoms with E-state index < -0.39 is 0 Å². The molecular weight excluding hydrogens is 248 g/mol. The summed E-state index contributed by atoms with van der Waals surface area (Å²) in [7, 11) is 0. The maximum absolute atomic E-state index is 12.5. The van der Waals surface area contributed by atoms with Crippen molar-refractivity contribution in [3.8, 4) is 5.69 Å². The van der Waals surface area contributed by atoms with Crippen LogP contribution in [0, 0.1) is 6.92 Å². The smallest absolute Gasteiger partial charge is 0.281 e. The van der Waals surface area contributed by atoms with Crippen LogP contribution in [0.1, 0.15) is 5.69 Å². The quantitative estimate of drug-likeness (QED) is 0.659. The van der Waals surface area contributed by atoms with E-state index in [1.165, 1.54) is 0 Å². The minimum Gasteiger partial charge on any atom is -0.316 e. The number of aromatic nitrogens is 2. The predicted molar refractivity (Wildman–Crippen MR) is 72.7 cm³/mol. The van der Waals surface area contributed by atoms with Crippen LogP contribution < -0.4 is 5.56 Å². The highest BCUT2D eigenvalue weighted by molar-refractivity contribution is 6.33. The summed E-state index contributed by atoms with van der Waals surface area (Å²) in [6.07, 6.45) is 3.69. The number of hydrogen-bond acceptors (Lipinski definition) is 1. The van der Waals surface area contributed by atoms with Gasteiger partial charge in [0.05, 0.1) is 5.02 Å². The maximum atomic E-state index is 12.5. The van der Waals surface area contributed by atoms with Crippen molar-refractivity contribution >= 4 is 17.1 Å². The molecular formula is C14H11ClN2O. The second-order valence-corrected chi connectivity index (χ2v) is 4.57. The highest BCUT2D eigenvalue weighted by Gasteiger charge is 2.11. The molecule has 0 atom stereocenters. The zero-order valence-electron chi connectivity index (χ0n) is 9.80. The zero-order chi connectivity index (χ0) is 12.7. The lowest BCUT2D eigenvalue weighted by Gasteiger charge is -2.10. The number of aryl methyl sites for hydroxylation is 1. The molecule has 0 spiro atoms. The Morgan fingerprint density at radius 1 is 1.11 bits per heavy atom. The summed E-state index contributed by atoms with van der Waals surface area (Å²) in [5.74, 6) is 0. The van der Waals surface area contributed by atoms with Gasteiger partial charge in [-0.15, -0.1) is 0 Å². The van der Waals surface area contributed by atoms with Gasteiger partial charge in [-0.2, -0.15) is 0 Å². The maximum Gasteiger partial charge on any atom is 0.281 e. The average Bonchev–Trinajstić information content (AvgIpc) is 2.72. The zero-order valence-corrected chi connectivity index (χ0v) is 10.6. The van der Waals surface area contributed by atoms with E-state index in [1.807, 2.05) is 43.5 Å². The lowest BCUT2D eigenvalue weighted by molar-refractivity contribution is 0.905. The van der Waals surface area contributed by atoms with Gasteiger partial charge in [0.25, 0.3) is 5.56 Å². The van der Waals surface area contributed by atoms with Crippen LogP contribution in [-0.4, -0.2) is 8.97 Å². The number of rotatable bonds is 1. The van der Waals surface area contributed by atoms with Crippen molar-refractivity contribution in [2.45, 2.75) is 6.92 Å². The molecule has 90 valence electrons. The van der Waals surface area contributed by atoms with Crippen molar-refractivity contribution in [3.63, 3.8) is 0 Å². The molecule has 0 radical (unpaired) electrons. The molecule has 0 aliphatic rings. The van der Waals surface area contributed by atoms with Crippen LogP contribution in [0.2, 0.25) is 5.02 Å². The van der Waals surface area contributed by atoms with E-state index in [0.29, 0.717) is 10.5 Å². The van der Waals surface area contributed by atoms with Crippen LogP contribution in [0.15, 0.2) is 53.6 Å². The largest absolute Gasteiger partial charge is 0.316 e. The number of fused-ring (bicyclic) bond motifs is 1. The molecule has 0 saturated carbocycles. The number of hydrogen-bond donors (Lipinski definition) is 0. The van der Waals surface area contributed by atoms with Gasteiger partial charge in [0.2, 0.25) is 0 Å². The van der Waals surface area contributed by atoms with E-state index in [2.05, 4.69) is 0 Å². The van der Waals surface area contributed by atoms with Gasteiger partial charge in [0, 0.05) is 23.8 Å². The van der Waals surface area contributed by atoms with Crippen LogP contribution in [-0.2, 0) is 0 Å². The van der Waals surface area contributed by atoms with E-state index >= 15 is 0 Å². The molecule has 0 N–H and O–H groups in total. The second-order valence-electron chi connectivity index (χ2n) is 4.17. The summed E-state index contributed by atoms with van der Waals surface area (Å²) >= 11 is 6.06. The predicted octanol–water partition coefficient (Wildman–Crippen LogP) is 3.05. The third-order valence-electron chi connectivity index (χ3n) is 2.96. The Bertz CT molecular complexity index is 772. The topological polar surface area (TPSA) is 26.4 Å². The van der Waals surface area contributed by atoms with Crippen LogP contribution in [0.4, 0.5) is 0 Å². The SMILES string of the molecule is Cc1cn2ccc(Cl)c2c(=O)n1-c1ccccc1. The van der Waals surface area contributed by atoms with E-state index in [1.54, 1.807) is 21.2 Å². The summed E-state index contributed by atoms with van der Waals surface area (Å²) in [4.78, 5) is 12.5. The van der Waals surface area contributed by atoms with Gasteiger partial charge >= 0.3 is 0 Å². The summed E-state index contributed by atoms with van der Waals surface area (Å²) in [5.41, 5.74) is 2.12. The first-order valence-corrected chi connectivity index (χ1v) is 6.00. The molecule has 3 aromatic rings. The first-order valence-electron chi connectivity index (χ1n) is 5.63. The van der Waals surface area contributed by atoms with Gasteiger partial charge in [0.1, 0.15) is 5.52 Å². The number of benzene rings is 1. The standard InChI is InChI=1S/C14H11ClN2O/c1-10-9-16-8-7-12(15)13(16)14(18)17(10)11-5-3-2-4-6-11/h2-9H,1H3. The highest BCUT2D eigenvalue weighted by atomic mass is 35.5. The summed E-state index contributed by atoms with van der Waals surface area (Å²) < 4.78 is 3.43. The van der Waals surface area contributed by atoms with Gasteiger partial charge in [0.15, 0.2) is 0 Å². The van der Waals surface area contributed by atoms with Crippen molar-refractivity contribution in [1.29, 1.82) is 0 Å². The molecule has 0 fully saturated rings. The molecule has 18 heavy (non-hydrogen) atoms. The summed E-state index contributed by atoms with van der Waals surface area (Å²) in [5, 5.41) is 0.477. The van der Waals surface area contributed by atoms with Crippen molar-refractivity contribution in [2.24, 2.45) is 0 Å². The third-order valence-corrected chi connectivity index (χ3v) is 3.27. The molecule has 0 aliphatic carbocycles. The monoisotopic (exact) mass is 258 g/mol. The van der Waals surface area contributed by atoms with Gasteiger partial charge in [-0.05, 0) is 25.1 Å². The van der Waals surface area contributed by atoms with E-state index in [-0.39, 0.29) is 5.56 Å². The normalized spacial score (nSPS) is 11.0. The molecule has 3 rings (SSSR count). The fourth-order valence-corrected chi connectivity index (χ4v) is 2.40. The lowest BCUT2D eigenvalue weighted by Crippen LogP contribution is -2.22. The first-order chi connectivity index (χ1) is 8.68. The van der Waals surface area contributed by atoms with Gasteiger partial charge in [-0.1, -0.05) is 29.8 Å². The first kappa shape index (κ1) is 11.1. The van der Waals surface area contributed by atoms with E-state index in [4.69, 9.17) is 11.6 Å². The lowest BCUT2D eigenvalue weighted by atomic mass is 10.3. The molecule has 0 unspecified atom stereocenters. The second kappa shape index (κ2) is 4.03. The fraction of sp³-hybridized carbons (Fsp3) is 0.0714. The molecule has 0 amide bonds. The van der Waals surface area contributed by atoms with Crippen molar-refractivity contribution in [1.82, 2.24) is 8.97 Å². The minimum absolute atomic E-state index is 0.101. The Morgan fingerprint density at radius 2 is 1.83 bits per heavy atom. The van der Waals surface area contributed by atoms with Crippen LogP contribution in [0.5, 0.6) is 0 Å². The Morgan fingerprint density at radius 3 is 2.56 bits per heavy atom. The molecule has 3 nitrogen and oxygen atoms in total. The van der Waals surface area contributed by atoms with E-state index in [0.717, 1.165) is 11.4 Å². The molecule has 0 saturated heterocycles. The highest BCUT2D eigenvalue weighted by Crippen LogP contribution is 2.17. The van der Waals surface area contributed by atoms with Gasteiger partial charge in [-0.25, -0.2) is 0 Å². The van der Waals surface area contributed by atoms with Gasteiger partial charge in [-0.3, -0.25) is 9.36 Å². The Labute approximate surface area is 109 Å². The number of nitrogens with zero attached hydrogens (tertiary/aromatic N) is 2. The van der Waals surface area contributed by atoms with E-state index in [9.17, 15) is 4.79 Å². The molecule has 2 heterocycles. The van der Waals surface area contributed by atoms with Crippen molar-refractivity contribution in [2.75, 3.05) is 0 Å². The minimum atomic E-state index is -0.101. The Hall–Kier alpha value is -2.00. The van der Waals surface area contributed by atoms with Crippen LogP contribution >= 0.6 is 11.6 Å². The summed E-state index contributed by atoms with van der Waals surface area (Å²) in [6.45, 7) is 1.90. The Kier molecular flexibility index (Phi) is 2.49. The van der Waals surface area contributed by atoms with Crippen molar-refractivity contribution < 1.29 is 0 Å². The van der Waals surface area contributed by atoms with Crippen LogP contribution in [0.25, 0.3) is 11.2 Å².